The number of hydrogen-bond acceptors (Lipinski definition) is 7. The Morgan fingerprint density at radius 3 is 2.07 bits per heavy atom. The molecule has 0 aliphatic rings. The fraction of sp³-hybridized carbons (Fsp3) is 0.190. The van der Waals surface area contributed by atoms with Crippen LogP contribution in [0.2, 0.25) is 0 Å². The molecule has 0 spiro atoms. The van der Waals surface area contributed by atoms with Crippen molar-refractivity contribution in [2.75, 3.05) is 5.43 Å². The molecule has 0 atom stereocenters. The minimum atomic E-state index is -0.655. The molecule has 0 radical (unpaired) electrons. The molecule has 0 unspecified atom stereocenters. The summed E-state index contributed by atoms with van der Waals surface area (Å²) in [6.45, 7) is 3.45. The van der Waals surface area contributed by atoms with Gasteiger partial charge in [-0.15, -0.1) is 0 Å². The number of ether oxygens (including phenoxy) is 1. The molecule has 0 fully saturated rings. The lowest BCUT2D eigenvalue weighted by Gasteiger charge is -2.18. The van der Waals surface area contributed by atoms with Gasteiger partial charge in [-0.2, -0.15) is 4.98 Å². The van der Waals surface area contributed by atoms with Crippen LogP contribution in [-0.2, 0) is 4.79 Å². The highest BCUT2D eigenvalue weighted by Gasteiger charge is 2.27. The highest BCUT2D eigenvalue weighted by Crippen LogP contribution is 2.31. The zero-order chi connectivity index (χ0) is 21.5. The Morgan fingerprint density at radius 2 is 1.57 bits per heavy atom. The zero-order valence-electron chi connectivity index (χ0n) is 16.5. The van der Waals surface area contributed by atoms with Gasteiger partial charge in [0.2, 0.25) is 11.7 Å². The summed E-state index contributed by atoms with van der Waals surface area (Å²) in [5.41, 5.74) is 6.20. The van der Waals surface area contributed by atoms with Gasteiger partial charge in [0.05, 0.1) is 16.9 Å². The van der Waals surface area contributed by atoms with E-state index in [2.05, 4.69) is 20.8 Å². The van der Waals surface area contributed by atoms with E-state index in [1.54, 1.807) is 13.8 Å². The Morgan fingerprint density at radius 1 is 1.00 bits per heavy atom. The van der Waals surface area contributed by atoms with E-state index >= 15 is 0 Å². The number of nitro groups is 1. The predicted octanol–water partition coefficient (Wildman–Crippen LogP) is 3.45. The number of carbonyl (C=O) groups is 1. The molecule has 1 aromatic heterocycles. The monoisotopic (exact) mass is 407 g/mol. The van der Waals surface area contributed by atoms with Crippen molar-refractivity contribution in [1.82, 2.24) is 15.4 Å². The van der Waals surface area contributed by atoms with Gasteiger partial charge >= 0.3 is 5.69 Å². The van der Waals surface area contributed by atoms with Crippen LogP contribution in [0.15, 0.2) is 67.0 Å². The molecule has 0 bridgehead atoms. The highest BCUT2D eigenvalue weighted by molar-refractivity contribution is 5.88. The van der Waals surface area contributed by atoms with Crippen molar-refractivity contribution in [2.45, 2.75) is 25.9 Å². The van der Waals surface area contributed by atoms with Crippen LogP contribution in [0.25, 0.3) is 0 Å². The van der Waals surface area contributed by atoms with E-state index in [0.29, 0.717) is 0 Å². The average molecular weight is 407 g/mol. The Balaban J connectivity index is 1.87. The molecule has 9 nitrogen and oxygen atoms in total. The summed E-state index contributed by atoms with van der Waals surface area (Å²) < 4.78 is 5.39. The number of amides is 1. The van der Waals surface area contributed by atoms with Crippen molar-refractivity contribution in [3.63, 3.8) is 0 Å². The van der Waals surface area contributed by atoms with Crippen molar-refractivity contribution in [3.8, 4) is 5.88 Å². The zero-order valence-corrected chi connectivity index (χ0v) is 16.5. The molecule has 1 heterocycles. The summed E-state index contributed by atoms with van der Waals surface area (Å²) in [5.74, 6) is -1.36. The van der Waals surface area contributed by atoms with E-state index in [0.717, 1.165) is 17.5 Å². The Kier molecular flexibility index (Phi) is 6.53. The number of aromatic nitrogens is 2. The molecule has 2 N–H and O–H groups in total. The van der Waals surface area contributed by atoms with Gasteiger partial charge in [-0.1, -0.05) is 60.7 Å². The minimum absolute atomic E-state index is 0.168. The van der Waals surface area contributed by atoms with Gasteiger partial charge in [-0.05, 0) is 25.0 Å². The summed E-state index contributed by atoms with van der Waals surface area (Å²) in [5, 5.41) is 11.5. The third-order valence-electron chi connectivity index (χ3n) is 4.15. The number of nitrogens with zero attached hydrogens (tertiary/aromatic N) is 3. The molecule has 3 rings (SSSR count). The highest BCUT2D eigenvalue weighted by atomic mass is 16.6. The number of hydrazine groups is 1. The SMILES string of the molecule is CC(C)Oc1ncnc(NNC(=O)C(c2ccccc2)c2ccccc2)c1[N+](=O)[O-]. The van der Waals surface area contributed by atoms with Crippen LogP contribution >= 0.6 is 0 Å². The Bertz CT molecular complexity index is 973. The number of rotatable bonds is 8. The van der Waals surface area contributed by atoms with E-state index in [1.165, 1.54) is 0 Å². The lowest BCUT2D eigenvalue weighted by molar-refractivity contribution is -0.385. The second kappa shape index (κ2) is 9.46. The fourth-order valence-electron chi connectivity index (χ4n) is 2.91. The van der Waals surface area contributed by atoms with Gasteiger partial charge in [-0.3, -0.25) is 25.8 Å². The molecular formula is C21H21N5O4. The predicted molar refractivity (Wildman–Crippen MR) is 111 cm³/mol. The molecule has 30 heavy (non-hydrogen) atoms. The second-order valence-electron chi connectivity index (χ2n) is 6.67. The number of nitrogens with one attached hydrogen (secondary N) is 2. The molecule has 9 heteroatoms. The molecular weight excluding hydrogens is 386 g/mol. The van der Waals surface area contributed by atoms with Crippen molar-refractivity contribution in [3.05, 3.63) is 88.2 Å². The van der Waals surface area contributed by atoms with Crippen molar-refractivity contribution in [1.29, 1.82) is 0 Å². The van der Waals surface area contributed by atoms with Crippen LogP contribution in [0.3, 0.4) is 0 Å². The number of hydrogen-bond donors (Lipinski definition) is 2. The molecule has 0 saturated carbocycles. The first-order valence-electron chi connectivity index (χ1n) is 9.29. The third-order valence-corrected chi connectivity index (χ3v) is 4.15. The summed E-state index contributed by atoms with van der Waals surface area (Å²) >= 11 is 0. The first-order chi connectivity index (χ1) is 14.5. The lowest BCUT2D eigenvalue weighted by Crippen LogP contribution is -2.35. The van der Waals surface area contributed by atoms with E-state index < -0.39 is 22.4 Å². The molecule has 0 aliphatic heterocycles. The van der Waals surface area contributed by atoms with Crippen LogP contribution in [0.4, 0.5) is 11.5 Å². The van der Waals surface area contributed by atoms with E-state index in [-0.39, 0.29) is 17.8 Å². The Hall–Kier alpha value is -4.01. The average Bonchev–Trinajstić information content (AvgIpc) is 2.73. The van der Waals surface area contributed by atoms with Gasteiger partial charge in [0, 0.05) is 0 Å². The normalized spacial score (nSPS) is 10.7. The number of carbonyl (C=O) groups excluding carboxylic acids is 1. The number of anilines is 1. The van der Waals surface area contributed by atoms with Crippen LogP contribution in [0, 0.1) is 10.1 Å². The largest absolute Gasteiger partial charge is 0.470 e. The second-order valence-corrected chi connectivity index (χ2v) is 6.67. The van der Waals surface area contributed by atoms with E-state index in [9.17, 15) is 14.9 Å². The van der Waals surface area contributed by atoms with Crippen molar-refractivity contribution >= 4 is 17.4 Å². The van der Waals surface area contributed by atoms with Gasteiger partial charge in [0.25, 0.3) is 5.88 Å². The van der Waals surface area contributed by atoms with E-state index in [1.807, 2.05) is 60.7 Å². The van der Waals surface area contributed by atoms with Gasteiger partial charge in [0.15, 0.2) is 0 Å². The number of benzene rings is 2. The summed E-state index contributed by atoms with van der Waals surface area (Å²) in [7, 11) is 0. The maximum absolute atomic E-state index is 13.0. The smallest absolute Gasteiger partial charge is 0.374 e. The molecule has 1 amide bonds. The summed E-state index contributed by atoms with van der Waals surface area (Å²) in [6, 6.07) is 18.5. The molecule has 0 saturated heterocycles. The minimum Gasteiger partial charge on any atom is -0.470 e. The standard InChI is InChI=1S/C21H21N5O4/c1-14(2)30-21-18(26(28)29)19(22-13-23-21)24-25-20(27)17(15-9-5-3-6-10-15)16-11-7-4-8-12-16/h3-14,17H,1-2H3,(H,25,27)(H,22,23,24). The fourth-order valence-corrected chi connectivity index (χ4v) is 2.91. The van der Waals surface area contributed by atoms with Crippen LogP contribution in [0.5, 0.6) is 5.88 Å². The quantitative estimate of drug-likeness (QED) is 0.433. The summed E-state index contributed by atoms with van der Waals surface area (Å²) in [4.78, 5) is 31.6. The molecule has 3 aromatic rings. The van der Waals surface area contributed by atoms with Gasteiger partial charge in [-0.25, -0.2) is 4.98 Å². The van der Waals surface area contributed by atoms with Gasteiger partial charge in [0.1, 0.15) is 6.33 Å². The van der Waals surface area contributed by atoms with Crippen LogP contribution < -0.4 is 15.6 Å². The van der Waals surface area contributed by atoms with E-state index in [4.69, 9.17) is 4.74 Å². The first-order valence-corrected chi connectivity index (χ1v) is 9.29. The van der Waals surface area contributed by atoms with Crippen LogP contribution in [-0.4, -0.2) is 26.9 Å². The first kappa shape index (κ1) is 20.7. The maximum Gasteiger partial charge on any atom is 0.374 e. The molecule has 154 valence electrons. The lowest BCUT2D eigenvalue weighted by atomic mass is 9.91. The van der Waals surface area contributed by atoms with Gasteiger partial charge < -0.3 is 4.74 Å². The topological polar surface area (TPSA) is 119 Å². The maximum atomic E-state index is 13.0. The summed E-state index contributed by atoms with van der Waals surface area (Å²) in [6.07, 6.45) is 0.812. The molecule has 0 aliphatic carbocycles. The van der Waals surface area contributed by atoms with Crippen molar-refractivity contribution in [2.24, 2.45) is 0 Å². The van der Waals surface area contributed by atoms with Crippen LogP contribution in [0.1, 0.15) is 30.9 Å². The molecule has 2 aromatic carbocycles. The van der Waals surface area contributed by atoms with Crippen molar-refractivity contribution < 1.29 is 14.5 Å². The third kappa shape index (κ3) is 4.88. The Labute approximate surface area is 173 Å².